The van der Waals surface area contributed by atoms with Gasteiger partial charge < -0.3 is 5.32 Å². The summed E-state index contributed by atoms with van der Waals surface area (Å²) in [5, 5.41) is 3.47. The molecule has 0 saturated carbocycles. The number of rotatable bonds is 4. The van der Waals surface area contributed by atoms with Crippen LogP contribution in [-0.2, 0) is 6.54 Å². The van der Waals surface area contributed by atoms with Crippen molar-refractivity contribution in [1.29, 1.82) is 0 Å². The van der Waals surface area contributed by atoms with Crippen LogP contribution in [0.25, 0.3) is 11.1 Å². The maximum Gasteiger partial charge on any atom is 0.150 e. The lowest BCUT2D eigenvalue weighted by molar-refractivity contribution is 0.589. The van der Waals surface area contributed by atoms with Crippen LogP contribution in [0.1, 0.15) is 19.4 Å². The number of benzene rings is 2. The SMILES string of the molecule is CC(C)NCc1ccc(-c2ccc(Br)c(Cl)c2F)cc1. The van der Waals surface area contributed by atoms with Crippen LogP contribution < -0.4 is 5.32 Å². The van der Waals surface area contributed by atoms with Gasteiger partial charge in [0, 0.05) is 22.6 Å². The Balaban J connectivity index is 2.24. The fourth-order valence-electron chi connectivity index (χ4n) is 1.87. The predicted molar refractivity (Wildman–Crippen MR) is 86.5 cm³/mol. The third-order valence-electron chi connectivity index (χ3n) is 3.01. The molecule has 0 atom stereocenters. The Morgan fingerprint density at radius 3 is 2.40 bits per heavy atom. The average Bonchev–Trinajstić information content (AvgIpc) is 2.43. The summed E-state index contributed by atoms with van der Waals surface area (Å²) in [5.41, 5.74) is 2.51. The molecule has 0 saturated heterocycles. The van der Waals surface area contributed by atoms with Gasteiger partial charge in [0.2, 0.25) is 0 Å². The van der Waals surface area contributed by atoms with Crippen LogP contribution >= 0.6 is 27.5 Å². The van der Waals surface area contributed by atoms with Gasteiger partial charge in [-0.3, -0.25) is 0 Å². The third-order valence-corrected chi connectivity index (χ3v) is 4.27. The minimum absolute atomic E-state index is 0.119. The van der Waals surface area contributed by atoms with Crippen LogP contribution in [0.15, 0.2) is 40.9 Å². The molecule has 2 aromatic carbocycles. The number of halogens is 3. The van der Waals surface area contributed by atoms with Gasteiger partial charge in [0.15, 0.2) is 5.82 Å². The molecule has 1 nitrogen and oxygen atoms in total. The van der Waals surface area contributed by atoms with Crippen molar-refractivity contribution >= 4 is 27.5 Å². The Morgan fingerprint density at radius 2 is 1.80 bits per heavy atom. The van der Waals surface area contributed by atoms with E-state index in [-0.39, 0.29) is 5.02 Å². The molecule has 2 rings (SSSR count). The van der Waals surface area contributed by atoms with Gasteiger partial charge in [0.1, 0.15) is 0 Å². The smallest absolute Gasteiger partial charge is 0.150 e. The Bertz CT molecular complexity index is 596. The van der Waals surface area contributed by atoms with Gasteiger partial charge in [0.05, 0.1) is 5.02 Å². The van der Waals surface area contributed by atoms with E-state index >= 15 is 0 Å². The van der Waals surface area contributed by atoms with E-state index in [1.165, 1.54) is 5.56 Å². The predicted octanol–water partition coefficient (Wildman–Crippen LogP) is 5.41. The second-order valence-corrected chi connectivity index (χ2v) is 6.19. The van der Waals surface area contributed by atoms with Gasteiger partial charge in [-0.05, 0) is 33.1 Å². The van der Waals surface area contributed by atoms with Gasteiger partial charge in [-0.25, -0.2) is 4.39 Å². The van der Waals surface area contributed by atoms with Gasteiger partial charge in [-0.15, -0.1) is 0 Å². The van der Waals surface area contributed by atoms with E-state index in [0.717, 1.165) is 12.1 Å². The average molecular weight is 357 g/mol. The number of nitrogens with one attached hydrogen (secondary N) is 1. The first-order chi connectivity index (χ1) is 9.49. The van der Waals surface area contributed by atoms with Crippen LogP contribution in [-0.4, -0.2) is 6.04 Å². The van der Waals surface area contributed by atoms with Crippen molar-refractivity contribution in [2.45, 2.75) is 26.4 Å². The number of hydrogen-bond donors (Lipinski definition) is 1. The Hall–Kier alpha value is -0.900. The zero-order valence-electron chi connectivity index (χ0n) is 11.4. The summed E-state index contributed by atoms with van der Waals surface area (Å²) in [6.45, 7) is 5.02. The van der Waals surface area contributed by atoms with Crippen LogP contribution in [0.2, 0.25) is 5.02 Å². The zero-order chi connectivity index (χ0) is 14.7. The van der Waals surface area contributed by atoms with Crippen molar-refractivity contribution in [3.63, 3.8) is 0 Å². The minimum Gasteiger partial charge on any atom is -0.310 e. The summed E-state index contributed by atoms with van der Waals surface area (Å²) >= 11 is 9.13. The lowest BCUT2D eigenvalue weighted by Gasteiger charge is -2.10. The normalized spacial score (nSPS) is 11.1. The Labute approximate surface area is 132 Å². The van der Waals surface area contributed by atoms with Crippen LogP contribution in [0, 0.1) is 5.82 Å². The maximum atomic E-state index is 14.1. The molecule has 106 valence electrons. The van der Waals surface area contributed by atoms with Crippen molar-refractivity contribution < 1.29 is 4.39 Å². The monoisotopic (exact) mass is 355 g/mol. The standard InChI is InChI=1S/C16H16BrClFN/c1-10(2)20-9-11-3-5-12(6-4-11)13-7-8-14(17)15(18)16(13)19/h3-8,10,20H,9H2,1-2H3. The molecule has 2 aromatic rings. The Kier molecular flexibility index (Phi) is 5.19. The molecular weight excluding hydrogens is 341 g/mol. The van der Waals surface area contributed by atoms with Gasteiger partial charge in [-0.2, -0.15) is 0 Å². The largest absolute Gasteiger partial charge is 0.310 e. The number of hydrogen-bond acceptors (Lipinski definition) is 1. The molecule has 0 aliphatic carbocycles. The van der Waals surface area contributed by atoms with Crippen LogP contribution in [0.5, 0.6) is 0 Å². The first-order valence-corrected chi connectivity index (χ1v) is 7.62. The molecule has 0 amide bonds. The topological polar surface area (TPSA) is 12.0 Å². The van der Waals surface area contributed by atoms with E-state index in [1.807, 2.05) is 24.3 Å². The summed E-state index contributed by atoms with van der Waals surface area (Å²) in [6, 6.07) is 11.8. The molecule has 20 heavy (non-hydrogen) atoms. The third kappa shape index (κ3) is 3.60. The summed E-state index contributed by atoms with van der Waals surface area (Å²) in [7, 11) is 0. The fraction of sp³-hybridized carbons (Fsp3) is 0.250. The molecule has 0 fully saturated rings. The molecule has 4 heteroatoms. The molecular formula is C16H16BrClFN. The van der Waals surface area contributed by atoms with E-state index in [0.29, 0.717) is 16.1 Å². The van der Waals surface area contributed by atoms with E-state index in [9.17, 15) is 4.39 Å². The van der Waals surface area contributed by atoms with Crippen molar-refractivity contribution in [2.24, 2.45) is 0 Å². The second kappa shape index (κ2) is 6.70. The van der Waals surface area contributed by atoms with Gasteiger partial charge in [-0.1, -0.05) is 55.8 Å². The van der Waals surface area contributed by atoms with E-state index in [1.54, 1.807) is 12.1 Å². The summed E-state index contributed by atoms with van der Waals surface area (Å²) in [5.74, 6) is -0.394. The molecule has 0 aliphatic heterocycles. The lowest BCUT2D eigenvalue weighted by Crippen LogP contribution is -2.21. The quantitative estimate of drug-likeness (QED) is 0.723. The molecule has 0 aliphatic rings. The van der Waals surface area contributed by atoms with E-state index in [2.05, 4.69) is 35.1 Å². The molecule has 0 radical (unpaired) electrons. The second-order valence-electron chi connectivity index (χ2n) is 4.96. The van der Waals surface area contributed by atoms with Crippen molar-refractivity contribution in [2.75, 3.05) is 0 Å². The first kappa shape index (κ1) is 15.5. The van der Waals surface area contributed by atoms with E-state index in [4.69, 9.17) is 11.6 Å². The van der Waals surface area contributed by atoms with Crippen molar-refractivity contribution in [3.05, 3.63) is 57.3 Å². The lowest BCUT2D eigenvalue weighted by atomic mass is 10.0. The van der Waals surface area contributed by atoms with Crippen molar-refractivity contribution in [1.82, 2.24) is 5.32 Å². The molecule has 0 unspecified atom stereocenters. The van der Waals surface area contributed by atoms with Crippen LogP contribution in [0.4, 0.5) is 4.39 Å². The highest BCUT2D eigenvalue weighted by molar-refractivity contribution is 9.10. The highest BCUT2D eigenvalue weighted by Gasteiger charge is 2.11. The fourth-order valence-corrected chi connectivity index (χ4v) is 2.34. The molecule has 0 spiro atoms. The van der Waals surface area contributed by atoms with Gasteiger partial charge >= 0.3 is 0 Å². The summed E-state index contributed by atoms with van der Waals surface area (Å²) < 4.78 is 14.7. The zero-order valence-corrected chi connectivity index (χ0v) is 13.7. The van der Waals surface area contributed by atoms with E-state index < -0.39 is 5.82 Å². The Morgan fingerprint density at radius 1 is 1.15 bits per heavy atom. The van der Waals surface area contributed by atoms with Gasteiger partial charge in [0.25, 0.3) is 0 Å². The highest BCUT2D eigenvalue weighted by atomic mass is 79.9. The highest BCUT2D eigenvalue weighted by Crippen LogP contribution is 2.33. The molecule has 0 aromatic heterocycles. The summed E-state index contributed by atoms with van der Waals surface area (Å²) in [6.07, 6.45) is 0. The molecule has 0 heterocycles. The first-order valence-electron chi connectivity index (χ1n) is 6.45. The maximum absolute atomic E-state index is 14.1. The van der Waals surface area contributed by atoms with Crippen molar-refractivity contribution in [3.8, 4) is 11.1 Å². The minimum atomic E-state index is -0.394. The molecule has 0 bridgehead atoms. The molecule has 1 N–H and O–H groups in total. The summed E-state index contributed by atoms with van der Waals surface area (Å²) in [4.78, 5) is 0. The van der Waals surface area contributed by atoms with Crippen LogP contribution in [0.3, 0.4) is 0 Å².